The topological polar surface area (TPSA) is 46.5 Å². The van der Waals surface area contributed by atoms with Crippen LogP contribution >= 0.6 is 0 Å². The Morgan fingerprint density at radius 2 is 2.00 bits per heavy atom. The summed E-state index contributed by atoms with van der Waals surface area (Å²) in [7, 11) is 0. The third-order valence-corrected chi connectivity index (χ3v) is 5.12. The van der Waals surface area contributed by atoms with Crippen molar-refractivity contribution in [3.63, 3.8) is 0 Å². The first-order chi connectivity index (χ1) is 8.63. The Balaban J connectivity index is 1.96. The van der Waals surface area contributed by atoms with Crippen molar-refractivity contribution >= 4 is 5.97 Å². The Hall–Kier alpha value is -1.09. The van der Waals surface area contributed by atoms with Crippen LogP contribution in [0.15, 0.2) is 24.3 Å². The molecule has 3 nitrogen and oxygen atoms in total. The van der Waals surface area contributed by atoms with Gasteiger partial charge in [0.05, 0.1) is 0 Å². The van der Waals surface area contributed by atoms with Gasteiger partial charge in [-0.05, 0) is 37.5 Å². The lowest BCUT2D eigenvalue weighted by Crippen LogP contribution is -2.33. The second-order valence-corrected chi connectivity index (χ2v) is 5.90. The molecule has 2 aliphatic carbocycles. The van der Waals surface area contributed by atoms with Gasteiger partial charge >= 0.3 is 5.97 Å². The van der Waals surface area contributed by atoms with Crippen molar-refractivity contribution < 1.29 is 14.6 Å². The van der Waals surface area contributed by atoms with Gasteiger partial charge in [0.2, 0.25) is 0 Å². The number of hydrogen-bond donors (Lipinski definition) is 1. The maximum Gasteiger partial charge on any atom is 0.334 e. The van der Waals surface area contributed by atoms with E-state index in [-0.39, 0.29) is 36.4 Å². The summed E-state index contributed by atoms with van der Waals surface area (Å²) in [6.45, 7) is 8.27. The normalized spacial score (nSPS) is 43.4. The molecule has 3 rings (SSSR count). The molecule has 0 amide bonds. The van der Waals surface area contributed by atoms with E-state index < -0.39 is 0 Å². The summed E-state index contributed by atoms with van der Waals surface area (Å²) in [5.74, 6) is 0.807. The molecule has 18 heavy (non-hydrogen) atoms. The van der Waals surface area contributed by atoms with Crippen LogP contribution in [0.1, 0.15) is 25.7 Å². The number of fused-ring (bicyclic) bond motifs is 3. The molecule has 3 fully saturated rings. The van der Waals surface area contributed by atoms with Crippen LogP contribution in [-0.2, 0) is 9.53 Å². The van der Waals surface area contributed by atoms with E-state index in [0.29, 0.717) is 11.5 Å². The molecule has 2 saturated carbocycles. The van der Waals surface area contributed by atoms with E-state index in [0.717, 1.165) is 25.7 Å². The van der Waals surface area contributed by atoms with Crippen LogP contribution in [0.3, 0.4) is 0 Å². The molecule has 1 aliphatic heterocycles. The lowest BCUT2D eigenvalue weighted by atomic mass is 9.79. The van der Waals surface area contributed by atoms with Gasteiger partial charge in [-0.1, -0.05) is 18.7 Å². The van der Waals surface area contributed by atoms with E-state index in [1.165, 1.54) is 5.57 Å². The SMILES string of the molecule is C=C1C(=O)O[C@@H]2[C@H]3[C@H](CO)CC[C@H]3C(=C)CC[C@@H]12. The van der Waals surface area contributed by atoms with Crippen LogP contribution in [0.2, 0.25) is 0 Å². The van der Waals surface area contributed by atoms with E-state index in [1.54, 1.807) is 0 Å². The smallest absolute Gasteiger partial charge is 0.334 e. The van der Waals surface area contributed by atoms with Gasteiger partial charge in [0, 0.05) is 24.0 Å². The summed E-state index contributed by atoms with van der Waals surface area (Å²) < 4.78 is 5.56. The number of ether oxygens (including phenoxy) is 1. The standard InChI is InChI=1S/C15H20O3/c1-8-3-5-12-9(2)15(17)18-14(12)13-10(7-16)4-6-11(8)13/h10-14,16H,1-7H2/t10-,11-,12-,13-,14-/m0/s1. The maximum absolute atomic E-state index is 11.7. The number of hydrogen-bond acceptors (Lipinski definition) is 3. The molecule has 0 bridgehead atoms. The highest BCUT2D eigenvalue weighted by Crippen LogP contribution is 2.52. The minimum atomic E-state index is -0.236. The molecule has 0 spiro atoms. The van der Waals surface area contributed by atoms with Crippen molar-refractivity contribution in [2.75, 3.05) is 6.61 Å². The van der Waals surface area contributed by atoms with Crippen LogP contribution in [0.25, 0.3) is 0 Å². The fourth-order valence-electron chi connectivity index (χ4n) is 4.14. The number of esters is 1. The van der Waals surface area contributed by atoms with Gasteiger partial charge in [-0.3, -0.25) is 0 Å². The molecule has 3 aliphatic rings. The zero-order valence-electron chi connectivity index (χ0n) is 10.6. The van der Waals surface area contributed by atoms with Crippen LogP contribution in [0.4, 0.5) is 0 Å². The fourth-order valence-corrected chi connectivity index (χ4v) is 4.14. The lowest BCUT2D eigenvalue weighted by molar-refractivity contribution is -0.142. The number of rotatable bonds is 1. The zero-order valence-corrected chi connectivity index (χ0v) is 10.6. The first-order valence-electron chi connectivity index (χ1n) is 6.81. The van der Waals surface area contributed by atoms with Crippen molar-refractivity contribution in [2.24, 2.45) is 23.7 Å². The Labute approximate surface area is 108 Å². The average Bonchev–Trinajstić information content (AvgIpc) is 2.86. The molecule has 98 valence electrons. The molecule has 0 radical (unpaired) electrons. The Morgan fingerprint density at radius 3 is 2.72 bits per heavy atom. The predicted octanol–water partition coefficient (Wildman–Crippen LogP) is 2.07. The summed E-state index contributed by atoms with van der Waals surface area (Å²) in [6.07, 6.45) is 3.88. The van der Waals surface area contributed by atoms with E-state index in [4.69, 9.17) is 4.74 Å². The molecule has 0 aromatic rings. The predicted molar refractivity (Wildman–Crippen MR) is 67.7 cm³/mol. The summed E-state index contributed by atoms with van der Waals surface area (Å²) in [6, 6.07) is 0. The van der Waals surface area contributed by atoms with Gasteiger partial charge in [0.1, 0.15) is 6.10 Å². The first kappa shape index (κ1) is 12.0. The number of aliphatic hydroxyl groups is 1. The second-order valence-electron chi connectivity index (χ2n) is 5.90. The summed E-state index contributed by atoms with van der Waals surface area (Å²) in [5, 5.41) is 9.54. The van der Waals surface area contributed by atoms with Gasteiger partial charge in [-0.2, -0.15) is 0 Å². The number of carbonyl (C=O) groups excluding carboxylic acids is 1. The minimum Gasteiger partial charge on any atom is -0.458 e. The quantitative estimate of drug-likeness (QED) is 0.439. The maximum atomic E-state index is 11.7. The average molecular weight is 248 g/mol. The van der Waals surface area contributed by atoms with Crippen molar-refractivity contribution in [3.05, 3.63) is 24.3 Å². The highest BCUT2D eigenvalue weighted by Gasteiger charge is 2.52. The van der Waals surface area contributed by atoms with Gasteiger partial charge in [0.15, 0.2) is 0 Å². The molecule has 1 heterocycles. The van der Waals surface area contributed by atoms with Gasteiger partial charge < -0.3 is 9.84 Å². The number of aliphatic hydroxyl groups excluding tert-OH is 1. The fraction of sp³-hybridized carbons (Fsp3) is 0.667. The van der Waals surface area contributed by atoms with Gasteiger partial charge in [-0.25, -0.2) is 4.79 Å². The highest BCUT2D eigenvalue weighted by atomic mass is 16.6. The van der Waals surface area contributed by atoms with Crippen molar-refractivity contribution in [2.45, 2.75) is 31.8 Å². The lowest BCUT2D eigenvalue weighted by Gasteiger charge is -2.29. The van der Waals surface area contributed by atoms with Gasteiger partial charge in [-0.15, -0.1) is 0 Å². The molecule has 1 saturated heterocycles. The molecule has 5 atom stereocenters. The number of carbonyl (C=O) groups is 1. The Morgan fingerprint density at radius 1 is 1.22 bits per heavy atom. The number of allylic oxidation sites excluding steroid dienone is 1. The van der Waals surface area contributed by atoms with Crippen molar-refractivity contribution in [1.82, 2.24) is 0 Å². The molecule has 1 N–H and O–H groups in total. The van der Waals surface area contributed by atoms with E-state index in [9.17, 15) is 9.90 Å². The van der Waals surface area contributed by atoms with Crippen LogP contribution in [0.5, 0.6) is 0 Å². The van der Waals surface area contributed by atoms with Gasteiger partial charge in [0.25, 0.3) is 0 Å². The molecule has 0 aromatic carbocycles. The zero-order chi connectivity index (χ0) is 12.9. The van der Waals surface area contributed by atoms with Crippen LogP contribution in [-0.4, -0.2) is 23.8 Å². The van der Waals surface area contributed by atoms with E-state index in [2.05, 4.69) is 13.2 Å². The molecular formula is C15H20O3. The summed E-state index contributed by atoms with van der Waals surface area (Å²) in [4.78, 5) is 11.7. The Bertz CT molecular complexity index is 412. The van der Waals surface area contributed by atoms with Crippen molar-refractivity contribution in [3.8, 4) is 0 Å². The van der Waals surface area contributed by atoms with E-state index in [1.807, 2.05) is 0 Å². The highest BCUT2D eigenvalue weighted by molar-refractivity contribution is 5.90. The molecular weight excluding hydrogens is 228 g/mol. The largest absolute Gasteiger partial charge is 0.458 e. The monoisotopic (exact) mass is 248 g/mol. The second kappa shape index (κ2) is 4.23. The third kappa shape index (κ3) is 1.57. The van der Waals surface area contributed by atoms with Crippen LogP contribution in [0, 0.1) is 23.7 Å². The molecule has 3 heteroatoms. The third-order valence-electron chi connectivity index (χ3n) is 5.12. The summed E-state index contributed by atoms with van der Waals surface area (Å²) in [5.41, 5.74) is 1.89. The molecule has 0 aromatic heterocycles. The minimum absolute atomic E-state index is 0.0751. The summed E-state index contributed by atoms with van der Waals surface area (Å²) >= 11 is 0. The van der Waals surface area contributed by atoms with Crippen molar-refractivity contribution in [1.29, 1.82) is 0 Å². The molecule has 0 unspecified atom stereocenters. The van der Waals surface area contributed by atoms with Crippen LogP contribution < -0.4 is 0 Å². The Kier molecular flexibility index (Phi) is 2.81. The first-order valence-corrected chi connectivity index (χ1v) is 6.81. The van der Waals surface area contributed by atoms with E-state index >= 15 is 0 Å².